The predicted molar refractivity (Wildman–Crippen MR) is 113 cm³/mol. The number of anilines is 2. The molecule has 10 nitrogen and oxygen atoms in total. The largest absolute Gasteiger partial charge is 0.455 e. The molecule has 1 saturated heterocycles. The maximum absolute atomic E-state index is 12.4. The first-order valence-electron chi connectivity index (χ1n) is 9.73. The molecule has 0 spiro atoms. The number of hydrogen-bond donors (Lipinski definition) is 1. The molecule has 31 heavy (non-hydrogen) atoms. The van der Waals surface area contributed by atoms with Crippen molar-refractivity contribution in [1.82, 2.24) is 24.7 Å². The van der Waals surface area contributed by atoms with E-state index < -0.39 is 5.91 Å². The van der Waals surface area contributed by atoms with Crippen molar-refractivity contribution < 1.29 is 14.3 Å². The van der Waals surface area contributed by atoms with Crippen LogP contribution in [0.4, 0.5) is 11.6 Å². The molecule has 1 aliphatic rings. The molecule has 160 valence electrons. The third-order valence-electron chi connectivity index (χ3n) is 4.91. The SMILES string of the molecule is O=C(COC(=O)C1CCN(c2ncccn2)CC1)Nc1cc(Cl)ccc1-n1cncn1. The normalized spacial score (nSPS) is 14.3. The molecule has 0 saturated carbocycles. The van der Waals surface area contributed by atoms with Gasteiger partial charge in [-0.25, -0.2) is 19.6 Å². The van der Waals surface area contributed by atoms with Crippen LogP contribution in [0, 0.1) is 5.92 Å². The first-order chi connectivity index (χ1) is 15.1. The van der Waals surface area contributed by atoms with Crippen LogP contribution in [-0.2, 0) is 14.3 Å². The second-order valence-corrected chi connectivity index (χ2v) is 7.40. The number of nitrogens with zero attached hydrogens (tertiary/aromatic N) is 6. The summed E-state index contributed by atoms with van der Waals surface area (Å²) in [7, 11) is 0. The third-order valence-corrected chi connectivity index (χ3v) is 5.14. The van der Waals surface area contributed by atoms with Crippen LogP contribution in [-0.4, -0.2) is 56.3 Å². The molecule has 1 amide bonds. The number of piperidine rings is 1. The van der Waals surface area contributed by atoms with E-state index in [2.05, 4.69) is 25.4 Å². The fourth-order valence-corrected chi connectivity index (χ4v) is 3.52. The maximum atomic E-state index is 12.4. The van der Waals surface area contributed by atoms with Gasteiger partial charge < -0.3 is 15.0 Å². The standard InChI is InChI=1S/C20H20ClN7O3/c21-15-2-3-17(28-13-22-12-25-28)16(10-15)26-18(29)11-31-19(30)14-4-8-27(9-5-14)20-23-6-1-7-24-20/h1-3,6-7,10,12-14H,4-5,8-9,11H2,(H,26,29). The zero-order valence-electron chi connectivity index (χ0n) is 16.5. The molecule has 0 radical (unpaired) electrons. The van der Waals surface area contributed by atoms with Crippen molar-refractivity contribution in [3.63, 3.8) is 0 Å². The van der Waals surface area contributed by atoms with Crippen LogP contribution in [0.3, 0.4) is 0 Å². The Morgan fingerprint density at radius 3 is 2.68 bits per heavy atom. The summed E-state index contributed by atoms with van der Waals surface area (Å²) in [6.07, 6.45) is 7.50. The minimum absolute atomic E-state index is 0.260. The molecule has 0 atom stereocenters. The minimum atomic E-state index is -0.466. The molecular weight excluding hydrogens is 422 g/mol. The first kappa shape index (κ1) is 20.7. The monoisotopic (exact) mass is 441 g/mol. The number of esters is 1. The number of benzene rings is 1. The van der Waals surface area contributed by atoms with Crippen molar-refractivity contribution in [3.8, 4) is 5.69 Å². The molecule has 2 aromatic heterocycles. The number of carbonyl (C=O) groups excluding carboxylic acids is 2. The summed E-state index contributed by atoms with van der Waals surface area (Å²) in [5.74, 6) is -0.457. The second-order valence-electron chi connectivity index (χ2n) is 6.97. The lowest BCUT2D eigenvalue weighted by Gasteiger charge is -2.30. The predicted octanol–water partition coefficient (Wildman–Crippen LogP) is 2.11. The Balaban J connectivity index is 1.29. The van der Waals surface area contributed by atoms with E-state index in [1.165, 1.54) is 17.3 Å². The molecule has 11 heteroatoms. The molecule has 3 heterocycles. The number of nitrogens with one attached hydrogen (secondary N) is 1. The molecule has 3 aromatic rings. The third kappa shape index (κ3) is 5.15. The molecule has 1 aromatic carbocycles. The van der Waals surface area contributed by atoms with Crippen LogP contribution in [0.5, 0.6) is 0 Å². The Kier molecular flexibility index (Phi) is 6.37. The number of rotatable bonds is 6. The fourth-order valence-electron chi connectivity index (χ4n) is 3.35. The van der Waals surface area contributed by atoms with Gasteiger partial charge in [0.05, 0.1) is 17.3 Å². The highest BCUT2D eigenvalue weighted by Crippen LogP contribution is 2.24. The Morgan fingerprint density at radius 2 is 1.97 bits per heavy atom. The number of hydrogen-bond acceptors (Lipinski definition) is 8. The molecule has 0 aliphatic carbocycles. The van der Waals surface area contributed by atoms with Crippen molar-refractivity contribution in [2.45, 2.75) is 12.8 Å². The van der Waals surface area contributed by atoms with Gasteiger partial charge in [-0.15, -0.1) is 0 Å². The Morgan fingerprint density at radius 1 is 1.19 bits per heavy atom. The average Bonchev–Trinajstić information content (AvgIpc) is 3.33. The van der Waals surface area contributed by atoms with Gasteiger partial charge in [0.25, 0.3) is 5.91 Å². The quantitative estimate of drug-likeness (QED) is 0.578. The van der Waals surface area contributed by atoms with Gasteiger partial charge in [-0.05, 0) is 37.1 Å². The Hall–Kier alpha value is -3.53. The van der Waals surface area contributed by atoms with Crippen molar-refractivity contribution in [2.75, 3.05) is 29.9 Å². The van der Waals surface area contributed by atoms with Crippen LogP contribution in [0.15, 0.2) is 49.3 Å². The van der Waals surface area contributed by atoms with Gasteiger partial charge >= 0.3 is 5.97 Å². The van der Waals surface area contributed by atoms with E-state index in [0.29, 0.717) is 48.3 Å². The van der Waals surface area contributed by atoms with E-state index >= 15 is 0 Å². The van der Waals surface area contributed by atoms with Gasteiger partial charge in [-0.2, -0.15) is 5.10 Å². The fraction of sp³-hybridized carbons (Fsp3) is 0.300. The second kappa shape index (κ2) is 9.52. The van der Waals surface area contributed by atoms with E-state index in [0.717, 1.165) is 0 Å². The molecule has 0 bridgehead atoms. The number of aromatic nitrogens is 5. The molecule has 1 N–H and O–H groups in total. The highest BCUT2D eigenvalue weighted by Gasteiger charge is 2.27. The summed E-state index contributed by atoms with van der Waals surface area (Å²) >= 11 is 6.05. The lowest BCUT2D eigenvalue weighted by molar-refractivity contribution is -0.152. The van der Waals surface area contributed by atoms with Crippen molar-refractivity contribution >= 4 is 35.1 Å². The molecular formula is C20H20ClN7O3. The molecule has 1 fully saturated rings. The van der Waals surface area contributed by atoms with Crippen LogP contribution in [0.1, 0.15) is 12.8 Å². The van der Waals surface area contributed by atoms with E-state index in [1.54, 1.807) is 36.7 Å². The topological polar surface area (TPSA) is 115 Å². The van der Waals surface area contributed by atoms with Gasteiger partial charge in [-0.1, -0.05) is 11.6 Å². The summed E-state index contributed by atoms with van der Waals surface area (Å²) < 4.78 is 6.75. The summed E-state index contributed by atoms with van der Waals surface area (Å²) in [6.45, 7) is 0.920. The lowest BCUT2D eigenvalue weighted by atomic mass is 9.97. The lowest BCUT2D eigenvalue weighted by Crippen LogP contribution is -2.38. The molecule has 1 aliphatic heterocycles. The van der Waals surface area contributed by atoms with E-state index in [1.807, 2.05) is 4.90 Å². The van der Waals surface area contributed by atoms with Crippen LogP contribution >= 0.6 is 11.6 Å². The first-order valence-corrected chi connectivity index (χ1v) is 10.1. The number of halogens is 1. The van der Waals surface area contributed by atoms with Crippen molar-refractivity contribution in [3.05, 3.63) is 54.3 Å². The maximum Gasteiger partial charge on any atom is 0.309 e. The summed E-state index contributed by atoms with van der Waals surface area (Å²) in [5, 5.41) is 7.22. The van der Waals surface area contributed by atoms with E-state index in [9.17, 15) is 9.59 Å². The summed E-state index contributed by atoms with van der Waals surface area (Å²) in [5.41, 5.74) is 1.03. The van der Waals surface area contributed by atoms with E-state index in [4.69, 9.17) is 16.3 Å². The van der Waals surface area contributed by atoms with Crippen molar-refractivity contribution in [1.29, 1.82) is 0 Å². The smallest absolute Gasteiger partial charge is 0.309 e. The highest BCUT2D eigenvalue weighted by molar-refractivity contribution is 6.31. The highest BCUT2D eigenvalue weighted by atomic mass is 35.5. The molecule has 4 rings (SSSR count). The van der Waals surface area contributed by atoms with Crippen LogP contribution in [0.25, 0.3) is 5.69 Å². The van der Waals surface area contributed by atoms with Crippen LogP contribution < -0.4 is 10.2 Å². The van der Waals surface area contributed by atoms with Gasteiger partial charge in [0.1, 0.15) is 12.7 Å². The van der Waals surface area contributed by atoms with Gasteiger partial charge in [0, 0.05) is 30.5 Å². The zero-order chi connectivity index (χ0) is 21.6. The summed E-state index contributed by atoms with van der Waals surface area (Å²) in [4.78, 5) is 39.2. The average molecular weight is 442 g/mol. The van der Waals surface area contributed by atoms with Gasteiger partial charge in [-0.3, -0.25) is 9.59 Å². The Bertz CT molecular complexity index is 1040. The van der Waals surface area contributed by atoms with Gasteiger partial charge in [0.2, 0.25) is 5.95 Å². The molecule has 0 unspecified atom stereocenters. The number of carbonyl (C=O) groups is 2. The van der Waals surface area contributed by atoms with Crippen LogP contribution in [0.2, 0.25) is 5.02 Å². The number of ether oxygens (including phenoxy) is 1. The Labute approximate surface area is 183 Å². The summed E-state index contributed by atoms with van der Waals surface area (Å²) in [6, 6.07) is 6.75. The van der Waals surface area contributed by atoms with Gasteiger partial charge in [0.15, 0.2) is 6.61 Å². The zero-order valence-corrected chi connectivity index (χ0v) is 17.3. The minimum Gasteiger partial charge on any atom is -0.455 e. The van der Waals surface area contributed by atoms with E-state index in [-0.39, 0.29) is 18.5 Å². The number of amides is 1. The van der Waals surface area contributed by atoms with Crippen molar-refractivity contribution in [2.24, 2.45) is 5.92 Å².